The minimum atomic E-state index is -1.07. The second-order valence-corrected chi connectivity index (χ2v) is 4.43. The number of carboxylic acids is 1. The van der Waals surface area contributed by atoms with Gasteiger partial charge in [0.1, 0.15) is 4.88 Å². The summed E-state index contributed by atoms with van der Waals surface area (Å²) in [5.74, 6) is -1.09. The van der Waals surface area contributed by atoms with Gasteiger partial charge in [0.2, 0.25) is 5.88 Å². The number of carboxylic acid groups (broad SMARTS) is 1. The van der Waals surface area contributed by atoms with Gasteiger partial charge in [0, 0.05) is 12.3 Å². The number of anilines is 1. The molecule has 0 radical (unpaired) electrons. The fraction of sp³-hybridized carbons (Fsp3) is 0.0833. The highest BCUT2D eigenvalue weighted by Gasteiger charge is 2.15. The highest BCUT2D eigenvalue weighted by atomic mass is 32.1. The summed E-state index contributed by atoms with van der Waals surface area (Å²) in [5.41, 5.74) is 0.599. The molecular weight excluding hydrogens is 268 g/mol. The van der Waals surface area contributed by atoms with E-state index in [2.05, 4.69) is 10.3 Å². The summed E-state index contributed by atoms with van der Waals surface area (Å²) >= 11 is 1.05. The Labute approximate surface area is 112 Å². The number of nitrogens with zero attached hydrogens (tertiary/aromatic N) is 1. The van der Waals surface area contributed by atoms with Crippen LogP contribution in [0.25, 0.3) is 0 Å². The van der Waals surface area contributed by atoms with Gasteiger partial charge in [-0.25, -0.2) is 9.78 Å². The van der Waals surface area contributed by atoms with E-state index in [1.165, 1.54) is 13.3 Å². The van der Waals surface area contributed by atoms with Gasteiger partial charge in [0.05, 0.1) is 18.4 Å². The SMILES string of the molecule is COc1ccc(C(=O)Nc2ccsc2C(=O)O)cn1. The number of amides is 1. The predicted octanol–water partition coefficient (Wildman–Crippen LogP) is 2.10. The molecule has 2 heterocycles. The number of aromatic carboxylic acids is 1. The molecule has 0 aromatic carbocycles. The number of ether oxygens (including phenoxy) is 1. The van der Waals surface area contributed by atoms with Crippen LogP contribution in [0.5, 0.6) is 5.88 Å². The van der Waals surface area contributed by atoms with Crippen LogP contribution in [-0.2, 0) is 0 Å². The van der Waals surface area contributed by atoms with Crippen molar-refractivity contribution in [2.45, 2.75) is 0 Å². The largest absolute Gasteiger partial charge is 0.481 e. The molecule has 0 fully saturated rings. The maximum Gasteiger partial charge on any atom is 0.348 e. The van der Waals surface area contributed by atoms with Crippen molar-refractivity contribution in [2.75, 3.05) is 12.4 Å². The zero-order chi connectivity index (χ0) is 13.8. The van der Waals surface area contributed by atoms with Crippen LogP contribution in [0.15, 0.2) is 29.8 Å². The molecule has 2 N–H and O–H groups in total. The monoisotopic (exact) mass is 278 g/mol. The molecule has 2 aromatic rings. The highest BCUT2D eigenvalue weighted by Crippen LogP contribution is 2.22. The Kier molecular flexibility index (Phi) is 3.76. The lowest BCUT2D eigenvalue weighted by Crippen LogP contribution is -2.13. The summed E-state index contributed by atoms with van der Waals surface area (Å²) in [4.78, 5) is 26.8. The smallest absolute Gasteiger partial charge is 0.348 e. The number of hydrogen-bond acceptors (Lipinski definition) is 5. The predicted molar refractivity (Wildman–Crippen MR) is 70.0 cm³/mol. The number of methoxy groups -OCH3 is 1. The quantitative estimate of drug-likeness (QED) is 0.894. The molecular formula is C12H10N2O4S. The van der Waals surface area contributed by atoms with Crippen LogP contribution in [0.3, 0.4) is 0 Å². The van der Waals surface area contributed by atoms with Crippen LogP contribution in [0.4, 0.5) is 5.69 Å². The lowest BCUT2D eigenvalue weighted by Gasteiger charge is -2.05. The fourth-order valence-corrected chi connectivity index (χ4v) is 2.09. The van der Waals surface area contributed by atoms with Crippen LogP contribution >= 0.6 is 11.3 Å². The molecule has 2 rings (SSSR count). The van der Waals surface area contributed by atoms with E-state index in [-0.39, 0.29) is 10.6 Å². The van der Waals surface area contributed by atoms with Crippen molar-refractivity contribution >= 4 is 28.9 Å². The minimum Gasteiger partial charge on any atom is -0.481 e. The molecule has 0 aliphatic carbocycles. The molecule has 0 bridgehead atoms. The van der Waals surface area contributed by atoms with E-state index in [4.69, 9.17) is 9.84 Å². The van der Waals surface area contributed by atoms with E-state index in [0.29, 0.717) is 11.4 Å². The third kappa shape index (κ3) is 2.89. The van der Waals surface area contributed by atoms with Gasteiger partial charge < -0.3 is 15.2 Å². The van der Waals surface area contributed by atoms with E-state index >= 15 is 0 Å². The van der Waals surface area contributed by atoms with Crippen LogP contribution in [0, 0.1) is 0 Å². The first-order valence-corrected chi connectivity index (χ1v) is 6.12. The van der Waals surface area contributed by atoms with E-state index in [9.17, 15) is 9.59 Å². The average molecular weight is 278 g/mol. The Balaban J connectivity index is 2.16. The summed E-state index contributed by atoms with van der Waals surface area (Å²) in [6.07, 6.45) is 1.36. The summed E-state index contributed by atoms with van der Waals surface area (Å²) in [6.45, 7) is 0. The highest BCUT2D eigenvalue weighted by molar-refractivity contribution is 7.12. The van der Waals surface area contributed by atoms with E-state index in [0.717, 1.165) is 11.3 Å². The second-order valence-electron chi connectivity index (χ2n) is 3.51. The minimum absolute atomic E-state index is 0.0924. The van der Waals surface area contributed by atoms with Gasteiger partial charge in [-0.2, -0.15) is 0 Å². The van der Waals surface area contributed by atoms with Crippen molar-refractivity contribution in [3.8, 4) is 5.88 Å². The first-order valence-electron chi connectivity index (χ1n) is 5.24. The molecule has 0 spiro atoms. The molecule has 1 amide bonds. The van der Waals surface area contributed by atoms with Gasteiger partial charge in [-0.1, -0.05) is 0 Å². The molecule has 0 atom stereocenters. The maximum atomic E-state index is 11.9. The number of carbonyl (C=O) groups is 2. The van der Waals surface area contributed by atoms with Crippen LogP contribution in [0.2, 0.25) is 0 Å². The lowest BCUT2D eigenvalue weighted by atomic mass is 10.2. The van der Waals surface area contributed by atoms with Crippen LogP contribution in [0.1, 0.15) is 20.0 Å². The van der Waals surface area contributed by atoms with Crippen molar-refractivity contribution in [2.24, 2.45) is 0 Å². The molecule has 0 saturated carbocycles. The Morgan fingerprint density at radius 3 is 2.74 bits per heavy atom. The molecule has 0 aliphatic rings. The topological polar surface area (TPSA) is 88.5 Å². The Morgan fingerprint density at radius 2 is 2.16 bits per heavy atom. The van der Waals surface area contributed by atoms with Crippen molar-refractivity contribution < 1.29 is 19.4 Å². The normalized spacial score (nSPS) is 9.95. The van der Waals surface area contributed by atoms with Gasteiger partial charge in [-0.05, 0) is 17.5 Å². The average Bonchev–Trinajstić information content (AvgIpc) is 2.87. The fourth-order valence-electron chi connectivity index (χ4n) is 1.40. The molecule has 98 valence electrons. The van der Waals surface area contributed by atoms with Gasteiger partial charge in [-0.3, -0.25) is 4.79 Å². The van der Waals surface area contributed by atoms with Crippen LogP contribution in [-0.4, -0.2) is 29.1 Å². The second kappa shape index (κ2) is 5.49. The first-order chi connectivity index (χ1) is 9.11. The van der Waals surface area contributed by atoms with Gasteiger partial charge in [0.15, 0.2) is 0 Å². The number of pyridine rings is 1. The van der Waals surface area contributed by atoms with E-state index in [1.54, 1.807) is 23.6 Å². The summed E-state index contributed by atoms with van der Waals surface area (Å²) in [7, 11) is 1.48. The van der Waals surface area contributed by atoms with Gasteiger partial charge in [0.25, 0.3) is 5.91 Å². The van der Waals surface area contributed by atoms with Crippen molar-refractivity contribution in [3.05, 3.63) is 40.2 Å². The summed E-state index contributed by atoms with van der Waals surface area (Å²) < 4.78 is 4.89. The molecule has 0 saturated heterocycles. The first kappa shape index (κ1) is 13.0. The van der Waals surface area contributed by atoms with Gasteiger partial charge in [-0.15, -0.1) is 11.3 Å². The Hall–Kier alpha value is -2.41. The maximum absolute atomic E-state index is 11.9. The van der Waals surface area contributed by atoms with Gasteiger partial charge >= 0.3 is 5.97 Å². The molecule has 0 unspecified atom stereocenters. The van der Waals surface area contributed by atoms with E-state index < -0.39 is 11.9 Å². The lowest BCUT2D eigenvalue weighted by molar-refractivity contribution is 0.0703. The molecule has 19 heavy (non-hydrogen) atoms. The number of nitrogens with one attached hydrogen (secondary N) is 1. The van der Waals surface area contributed by atoms with Crippen molar-refractivity contribution in [1.29, 1.82) is 0 Å². The Bertz CT molecular complexity index is 606. The molecule has 2 aromatic heterocycles. The van der Waals surface area contributed by atoms with E-state index in [1.807, 2.05) is 0 Å². The summed E-state index contributed by atoms with van der Waals surface area (Å²) in [6, 6.07) is 4.65. The molecule has 6 nitrogen and oxygen atoms in total. The number of rotatable bonds is 4. The molecule has 0 aliphatic heterocycles. The molecule has 7 heteroatoms. The number of carbonyl (C=O) groups excluding carboxylic acids is 1. The zero-order valence-electron chi connectivity index (χ0n) is 9.91. The Morgan fingerprint density at radius 1 is 1.37 bits per heavy atom. The number of hydrogen-bond donors (Lipinski definition) is 2. The third-order valence-electron chi connectivity index (χ3n) is 2.32. The van der Waals surface area contributed by atoms with Crippen LogP contribution < -0.4 is 10.1 Å². The number of thiophene rings is 1. The zero-order valence-corrected chi connectivity index (χ0v) is 10.7. The third-order valence-corrected chi connectivity index (χ3v) is 3.22. The standard InChI is InChI=1S/C12H10N2O4S/c1-18-9-3-2-7(6-13-9)11(15)14-8-4-5-19-10(8)12(16)17/h2-6H,1H3,(H,14,15)(H,16,17). The number of aromatic nitrogens is 1. The van der Waals surface area contributed by atoms with Crippen molar-refractivity contribution in [1.82, 2.24) is 4.98 Å². The summed E-state index contributed by atoms with van der Waals surface area (Å²) in [5, 5.41) is 13.1. The van der Waals surface area contributed by atoms with Crippen molar-refractivity contribution in [3.63, 3.8) is 0 Å².